The van der Waals surface area contributed by atoms with E-state index in [1.807, 2.05) is 43.3 Å². The number of Topliss-reactive ketones (excluding diaryl/α,β-unsaturated/α-hetero) is 1. The van der Waals surface area contributed by atoms with E-state index in [4.69, 9.17) is 0 Å². The topological polar surface area (TPSA) is 63.2 Å². The van der Waals surface area contributed by atoms with Crippen molar-refractivity contribution in [3.63, 3.8) is 0 Å². The maximum absolute atomic E-state index is 12.8. The summed E-state index contributed by atoms with van der Waals surface area (Å²) < 4.78 is 0.599. The van der Waals surface area contributed by atoms with Crippen LogP contribution in [0.15, 0.2) is 48.5 Å². The molecule has 2 aromatic carbocycles. The summed E-state index contributed by atoms with van der Waals surface area (Å²) in [6.45, 7) is 3.40. The Balaban J connectivity index is 2.41. The molecular weight excluding hydrogens is 472 g/mol. The number of rotatable bonds is 8. The average Bonchev–Trinajstić information content (AvgIpc) is 2.65. The van der Waals surface area contributed by atoms with Gasteiger partial charge in [-0.25, -0.2) is 0 Å². The number of hydrogen-bond donors (Lipinski definition) is 1. The Hall–Kier alpha value is -1.84. The van der Waals surface area contributed by atoms with Crippen molar-refractivity contribution < 1.29 is 14.4 Å². The van der Waals surface area contributed by atoms with Gasteiger partial charge in [-0.15, -0.1) is 0 Å². The summed E-state index contributed by atoms with van der Waals surface area (Å²) in [5.74, 6) is -0.234. The van der Waals surface area contributed by atoms with Crippen LogP contribution in [0.1, 0.15) is 47.3 Å². The summed E-state index contributed by atoms with van der Waals surface area (Å²) in [5.41, 5.74) is 3.00. The zero-order valence-corrected chi connectivity index (χ0v) is 18.6. The molecule has 0 bridgehead atoms. The minimum atomic E-state index is -0.556. The molecule has 1 atom stereocenters. The fourth-order valence-corrected chi connectivity index (χ4v) is 4.02. The number of benzene rings is 2. The second kappa shape index (κ2) is 9.91. The van der Waals surface area contributed by atoms with E-state index in [2.05, 4.69) is 36.9 Å². The van der Waals surface area contributed by atoms with E-state index in [9.17, 15) is 14.4 Å². The second-order valence-corrected chi connectivity index (χ2v) is 7.86. The van der Waals surface area contributed by atoms with Crippen LogP contribution in [0.2, 0.25) is 0 Å². The zero-order chi connectivity index (χ0) is 20.0. The Morgan fingerprint density at radius 2 is 1.52 bits per heavy atom. The maximum atomic E-state index is 12.8. The molecule has 1 radical (unpaired) electrons. The normalized spacial score (nSPS) is 11.5. The molecular formula is C21H20NO3Se2. The molecule has 0 aliphatic carbocycles. The van der Waals surface area contributed by atoms with Gasteiger partial charge in [0, 0.05) is 0 Å². The molecule has 4 nitrogen and oxygen atoms in total. The second-order valence-electron chi connectivity index (χ2n) is 6.16. The fraction of sp³-hybridized carbons (Fsp3) is 0.238. The van der Waals surface area contributed by atoms with Crippen LogP contribution in [0.25, 0.3) is 0 Å². The van der Waals surface area contributed by atoms with Gasteiger partial charge >= 0.3 is 176 Å². The summed E-state index contributed by atoms with van der Waals surface area (Å²) in [4.78, 5) is 36.0. The van der Waals surface area contributed by atoms with E-state index >= 15 is 0 Å². The van der Waals surface area contributed by atoms with Gasteiger partial charge in [-0.2, -0.15) is 0 Å². The third-order valence-electron chi connectivity index (χ3n) is 4.12. The van der Waals surface area contributed by atoms with Gasteiger partial charge < -0.3 is 0 Å². The molecule has 27 heavy (non-hydrogen) atoms. The van der Waals surface area contributed by atoms with E-state index in [0.717, 1.165) is 21.1 Å². The molecule has 2 rings (SSSR count). The van der Waals surface area contributed by atoms with Crippen LogP contribution in [0.4, 0.5) is 0 Å². The predicted molar refractivity (Wildman–Crippen MR) is 109 cm³/mol. The average molecular weight is 492 g/mol. The number of amides is 1. The molecule has 0 fully saturated rings. The Kier molecular flexibility index (Phi) is 7.88. The van der Waals surface area contributed by atoms with Crippen LogP contribution in [0.3, 0.4) is 0 Å². The Morgan fingerprint density at radius 3 is 2.07 bits per heavy atom. The number of carbonyl (C=O) groups excluding carboxylic acids is 3. The number of ketones is 1. The van der Waals surface area contributed by atoms with Gasteiger partial charge in [0.25, 0.3) is 0 Å². The molecule has 0 aromatic heterocycles. The van der Waals surface area contributed by atoms with Crippen molar-refractivity contribution in [1.82, 2.24) is 5.32 Å². The van der Waals surface area contributed by atoms with Crippen LogP contribution in [-0.2, 0) is 16.0 Å². The fourth-order valence-electron chi connectivity index (χ4n) is 2.75. The Morgan fingerprint density at radius 1 is 0.963 bits per heavy atom. The molecule has 0 aliphatic rings. The van der Waals surface area contributed by atoms with Gasteiger partial charge in [-0.3, -0.25) is 0 Å². The monoisotopic (exact) mass is 494 g/mol. The molecule has 1 amide bonds. The molecule has 0 spiro atoms. The van der Waals surface area contributed by atoms with Gasteiger partial charge in [0.1, 0.15) is 0 Å². The molecule has 1 N–H and O–H groups in total. The van der Waals surface area contributed by atoms with Gasteiger partial charge in [0.15, 0.2) is 0 Å². The van der Waals surface area contributed by atoms with E-state index < -0.39 is 6.04 Å². The van der Waals surface area contributed by atoms with Gasteiger partial charge in [0.05, 0.1) is 0 Å². The van der Waals surface area contributed by atoms with Gasteiger partial charge in [-0.05, 0) is 0 Å². The van der Waals surface area contributed by atoms with Crippen LogP contribution < -0.4 is 5.32 Å². The molecule has 139 valence electrons. The molecule has 0 heterocycles. The van der Waals surface area contributed by atoms with Crippen molar-refractivity contribution in [1.29, 1.82) is 0 Å². The predicted octanol–water partition coefficient (Wildman–Crippen LogP) is 1.76. The summed E-state index contributed by atoms with van der Waals surface area (Å²) >= 11 is 5.50. The first-order valence-corrected chi connectivity index (χ1v) is 10.3. The third kappa shape index (κ3) is 5.57. The summed E-state index contributed by atoms with van der Waals surface area (Å²) in [7, 11) is 0. The van der Waals surface area contributed by atoms with Crippen LogP contribution in [-0.4, -0.2) is 58.4 Å². The van der Waals surface area contributed by atoms with Crippen molar-refractivity contribution in [2.24, 2.45) is 0 Å². The molecule has 1 unspecified atom stereocenters. The van der Waals surface area contributed by atoms with E-state index in [1.54, 1.807) is 19.1 Å². The number of hydrogen-bond acceptors (Lipinski definition) is 3. The summed E-state index contributed by atoms with van der Waals surface area (Å²) in [5, 5.41) is 2.77. The Labute approximate surface area is 175 Å². The van der Waals surface area contributed by atoms with Crippen LogP contribution in [0, 0.1) is 0 Å². The standard InChI is InChI=1S/C21H20NO3Se2/c1-3-18(21(25)27)22-20(24)17-11-7-6-10-16(17)19(26)15-9-5-4-8-14(15)12-13(2)23/h4-11,18H,3,12H2,1-2H3,(H,22,24). The van der Waals surface area contributed by atoms with E-state index in [1.165, 1.54) is 0 Å². The summed E-state index contributed by atoms with van der Waals surface area (Å²) in [6.07, 6.45) is 0.837. The molecule has 2 aromatic rings. The Bertz CT molecular complexity index is 893. The van der Waals surface area contributed by atoms with Gasteiger partial charge in [0.2, 0.25) is 0 Å². The minimum absolute atomic E-state index is 0.0739. The molecule has 6 heteroatoms. The van der Waals surface area contributed by atoms with Crippen molar-refractivity contribution in [3.05, 3.63) is 70.8 Å². The quantitative estimate of drug-likeness (QED) is 0.572. The van der Waals surface area contributed by atoms with Gasteiger partial charge in [-0.1, -0.05) is 0 Å². The van der Waals surface area contributed by atoms with E-state index in [-0.39, 0.29) is 16.4 Å². The third-order valence-corrected chi connectivity index (χ3v) is 5.64. The van der Waals surface area contributed by atoms with Crippen LogP contribution >= 0.6 is 0 Å². The molecule has 0 saturated heterocycles. The first kappa shape index (κ1) is 21.5. The van der Waals surface area contributed by atoms with Crippen molar-refractivity contribution >= 4 is 52.4 Å². The first-order chi connectivity index (χ1) is 12.8. The first-order valence-electron chi connectivity index (χ1n) is 8.58. The van der Waals surface area contributed by atoms with Crippen molar-refractivity contribution in [2.45, 2.75) is 32.7 Å². The van der Waals surface area contributed by atoms with Crippen molar-refractivity contribution in [3.8, 4) is 0 Å². The number of nitrogens with one attached hydrogen (secondary N) is 1. The molecule has 0 aliphatic heterocycles. The SMILES string of the molecule is CCC(NC(=O)c1ccccc1C(=[Se])c1ccccc1CC(C)=O)C(=O)[Se]. The van der Waals surface area contributed by atoms with E-state index in [0.29, 0.717) is 18.4 Å². The zero-order valence-electron chi connectivity index (χ0n) is 15.2. The summed E-state index contributed by atoms with van der Waals surface area (Å²) in [6, 6.07) is 14.3. The van der Waals surface area contributed by atoms with Crippen LogP contribution in [0.5, 0.6) is 0 Å². The number of carbonyl (C=O) groups is 3. The molecule has 0 saturated carbocycles. The van der Waals surface area contributed by atoms with Crippen molar-refractivity contribution in [2.75, 3.05) is 0 Å².